The lowest BCUT2D eigenvalue weighted by Crippen LogP contribution is -2.27. The first-order valence-corrected chi connectivity index (χ1v) is 8.63. The number of carbonyl (C=O) groups is 1. The molecule has 0 saturated heterocycles. The third-order valence-corrected chi connectivity index (χ3v) is 4.70. The quantitative estimate of drug-likeness (QED) is 0.819. The first-order chi connectivity index (χ1) is 10.9. The zero-order valence-corrected chi connectivity index (χ0v) is 13.7. The predicted octanol–water partition coefficient (Wildman–Crippen LogP) is 2.30. The SMILES string of the molecule is CCOC(=O)c1ccc(S(=O)(=O)NC(C)c2ccccn2)cc1. The van der Waals surface area contributed by atoms with Gasteiger partial charge in [0.15, 0.2) is 0 Å². The lowest BCUT2D eigenvalue weighted by molar-refractivity contribution is 0.0526. The fraction of sp³-hybridized carbons (Fsp3) is 0.250. The van der Waals surface area contributed by atoms with Gasteiger partial charge in [-0.1, -0.05) is 6.07 Å². The van der Waals surface area contributed by atoms with Crippen LogP contribution in [0.2, 0.25) is 0 Å². The Bertz CT molecular complexity index is 758. The fourth-order valence-corrected chi connectivity index (χ4v) is 3.19. The van der Waals surface area contributed by atoms with Crippen molar-refractivity contribution in [2.24, 2.45) is 0 Å². The number of nitrogens with one attached hydrogen (secondary N) is 1. The molecule has 0 saturated carbocycles. The highest BCUT2D eigenvalue weighted by atomic mass is 32.2. The van der Waals surface area contributed by atoms with E-state index in [1.165, 1.54) is 24.3 Å². The average Bonchev–Trinajstić information content (AvgIpc) is 2.55. The lowest BCUT2D eigenvalue weighted by Gasteiger charge is -2.14. The van der Waals surface area contributed by atoms with E-state index < -0.39 is 22.0 Å². The molecule has 7 heteroatoms. The van der Waals surface area contributed by atoms with E-state index in [0.717, 1.165) is 0 Å². The molecule has 1 aromatic carbocycles. The standard InChI is InChI=1S/C16H18N2O4S/c1-3-22-16(19)13-7-9-14(10-8-13)23(20,21)18-12(2)15-6-4-5-11-17-15/h4-12,18H,3H2,1-2H3. The zero-order chi connectivity index (χ0) is 16.9. The minimum absolute atomic E-state index is 0.0772. The second kappa shape index (κ2) is 7.34. The number of sulfonamides is 1. The van der Waals surface area contributed by atoms with Gasteiger partial charge >= 0.3 is 5.97 Å². The van der Waals surface area contributed by atoms with E-state index in [-0.39, 0.29) is 11.5 Å². The second-order valence-corrected chi connectivity index (χ2v) is 6.56. The Balaban J connectivity index is 2.15. The van der Waals surface area contributed by atoms with Gasteiger partial charge in [0.2, 0.25) is 10.0 Å². The van der Waals surface area contributed by atoms with Gasteiger partial charge in [0.05, 0.1) is 28.8 Å². The molecular formula is C16H18N2O4S. The molecule has 1 heterocycles. The highest BCUT2D eigenvalue weighted by Crippen LogP contribution is 2.16. The molecule has 122 valence electrons. The summed E-state index contributed by atoms with van der Waals surface area (Å²) in [5.74, 6) is -0.480. The van der Waals surface area contributed by atoms with Gasteiger partial charge < -0.3 is 4.74 Å². The summed E-state index contributed by atoms with van der Waals surface area (Å²) in [6.07, 6.45) is 1.61. The van der Waals surface area contributed by atoms with Crippen molar-refractivity contribution in [1.82, 2.24) is 9.71 Å². The topological polar surface area (TPSA) is 85.4 Å². The number of pyridine rings is 1. The summed E-state index contributed by atoms with van der Waals surface area (Å²) in [6, 6.07) is 10.4. The van der Waals surface area contributed by atoms with E-state index in [0.29, 0.717) is 11.3 Å². The van der Waals surface area contributed by atoms with Crippen LogP contribution in [0.1, 0.15) is 35.9 Å². The van der Waals surface area contributed by atoms with Crippen molar-refractivity contribution in [1.29, 1.82) is 0 Å². The highest BCUT2D eigenvalue weighted by Gasteiger charge is 2.19. The van der Waals surface area contributed by atoms with Crippen molar-refractivity contribution < 1.29 is 17.9 Å². The Morgan fingerprint density at radius 2 is 1.91 bits per heavy atom. The molecule has 0 aliphatic rings. The number of hydrogen-bond donors (Lipinski definition) is 1. The van der Waals surface area contributed by atoms with Gasteiger partial charge in [0.25, 0.3) is 0 Å². The maximum atomic E-state index is 12.4. The Labute approximate surface area is 135 Å². The summed E-state index contributed by atoms with van der Waals surface area (Å²) in [7, 11) is -3.70. The number of ether oxygens (including phenoxy) is 1. The van der Waals surface area contributed by atoms with Gasteiger partial charge in [-0.2, -0.15) is 0 Å². The first-order valence-electron chi connectivity index (χ1n) is 7.14. The monoisotopic (exact) mass is 334 g/mol. The molecule has 0 radical (unpaired) electrons. The first kappa shape index (κ1) is 17.1. The van der Waals surface area contributed by atoms with E-state index in [2.05, 4.69) is 9.71 Å². The number of carbonyl (C=O) groups excluding carboxylic acids is 1. The highest BCUT2D eigenvalue weighted by molar-refractivity contribution is 7.89. The molecule has 2 aromatic rings. The van der Waals surface area contributed by atoms with Crippen LogP contribution in [-0.2, 0) is 14.8 Å². The van der Waals surface area contributed by atoms with Crippen molar-refractivity contribution in [3.8, 4) is 0 Å². The molecule has 1 atom stereocenters. The minimum atomic E-state index is -3.70. The Morgan fingerprint density at radius 3 is 2.48 bits per heavy atom. The van der Waals surface area contributed by atoms with Gasteiger partial charge in [-0.25, -0.2) is 17.9 Å². The summed E-state index contributed by atoms with van der Waals surface area (Å²) in [4.78, 5) is 15.8. The number of benzene rings is 1. The number of aromatic nitrogens is 1. The number of hydrogen-bond acceptors (Lipinski definition) is 5. The third kappa shape index (κ3) is 4.37. The number of esters is 1. The molecule has 0 fully saturated rings. The van der Waals surface area contributed by atoms with Crippen molar-refractivity contribution >= 4 is 16.0 Å². The van der Waals surface area contributed by atoms with Crippen molar-refractivity contribution in [3.05, 3.63) is 59.9 Å². The van der Waals surface area contributed by atoms with Crippen LogP contribution in [0.5, 0.6) is 0 Å². The van der Waals surface area contributed by atoms with Gasteiger partial charge in [-0.15, -0.1) is 0 Å². The van der Waals surface area contributed by atoms with Crippen LogP contribution in [0.3, 0.4) is 0 Å². The van der Waals surface area contributed by atoms with E-state index in [1.54, 1.807) is 38.2 Å². The molecule has 0 aliphatic carbocycles. The summed E-state index contributed by atoms with van der Waals surface area (Å²) in [5.41, 5.74) is 0.933. The second-order valence-electron chi connectivity index (χ2n) is 4.84. The minimum Gasteiger partial charge on any atom is -0.462 e. The molecule has 1 aromatic heterocycles. The molecule has 0 aliphatic heterocycles. The van der Waals surface area contributed by atoms with Crippen LogP contribution in [0.15, 0.2) is 53.6 Å². The molecule has 6 nitrogen and oxygen atoms in total. The lowest BCUT2D eigenvalue weighted by atomic mass is 10.2. The summed E-state index contributed by atoms with van der Waals surface area (Å²) < 4.78 is 32.2. The predicted molar refractivity (Wildman–Crippen MR) is 85.4 cm³/mol. The normalized spacial score (nSPS) is 12.6. The van der Waals surface area contributed by atoms with Gasteiger partial charge in [-0.05, 0) is 50.2 Å². The van der Waals surface area contributed by atoms with Crippen LogP contribution >= 0.6 is 0 Å². The smallest absolute Gasteiger partial charge is 0.338 e. The van der Waals surface area contributed by atoms with E-state index >= 15 is 0 Å². The van der Waals surface area contributed by atoms with Crippen molar-refractivity contribution in [3.63, 3.8) is 0 Å². The van der Waals surface area contributed by atoms with E-state index in [1.807, 2.05) is 0 Å². The largest absolute Gasteiger partial charge is 0.462 e. The maximum absolute atomic E-state index is 12.4. The van der Waals surface area contributed by atoms with Crippen LogP contribution < -0.4 is 4.72 Å². The van der Waals surface area contributed by atoms with Gasteiger partial charge in [0, 0.05) is 6.20 Å². The molecule has 1 N–H and O–H groups in total. The van der Waals surface area contributed by atoms with Crippen LogP contribution in [0.25, 0.3) is 0 Å². The summed E-state index contributed by atoms with van der Waals surface area (Å²) in [5, 5.41) is 0. The molecule has 2 rings (SSSR count). The summed E-state index contributed by atoms with van der Waals surface area (Å²) >= 11 is 0. The Hall–Kier alpha value is -2.25. The third-order valence-electron chi connectivity index (χ3n) is 3.14. The molecule has 0 amide bonds. The van der Waals surface area contributed by atoms with Crippen LogP contribution in [0, 0.1) is 0 Å². The van der Waals surface area contributed by atoms with Crippen molar-refractivity contribution in [2.45, 2.75) is 24.8 Å². The van der Waals surface area contributed by atoms with E-state index in [4.69, 9.17) is 4.74 Å². The van der Waals surface area contributed by atoms with Crippen molar-refractivity contribution in [2.75, 3.05) is 6.61 Å². The van der Waals surface area contributed by atoms with Gasteiger partial charge in [0.1, 0.15) is 0 Å². The molecular weight excluding hydrogens is 316 g/mol. The summed E-state index contributed by atoms with van der Waals surface area (Å²) in [6.45, 7) is 3.69. The molecule has 23 heavy (non-hydrogen) atoms. The Kier molecular flexibility index (Phi) is 5.46. The average molecular weight is 334 g/mol. The fourth-order valence-electron chi connectivity index (χ4n) is 1.98. The number of nitrogens with zero attached hydrogens (tertiary/aromatic N) is 1. The molecule has 0 spiro atoms. The number of rotatable bonds is 6. The zero-order valence-electron chi connectivity index (χ0n) is 12.9. The van der Waals surface area contributed by atoms with Gasteiger partial charge in [-0.3, -0.25) is 4.98 Å². The maximum Gasteiger partial charge on any atom is 0.338 e. The van der Waals surface area contributed by atoms with Crippen LogP contribution in [-0.4, -0.2) is 26.0 Å². The Morgan fingerprint density at radius 1 is 1.22 bits per heavy atom. The van der Waals surface area contributed by atoms with E-state index in [9.17, 15) is 13.2 Å². The molecule has 1 unspecified atom stereocenters. The van der Waals surface area contributed by atoms with Crippen LogP contribution in [0.4, 0.5) is 0 Å². The molecule has 0 bridgehead atoms.